The van der Waals surface area contributed by atoms with Crippen LogP contribution in [0.4, 0.5) is 0 Å². The first-order chi connectivity index (χ1) is 6.49. The maximum absolute atomic E-state index is 5.99. The van der Waals surface area contributed by atoms with Gasteiger partial charge in [-0.3, -0.25) is 0 Å². The van der Waals surface area contributed by atoms with Gasteiger partial charge in [0, 0.05) is 0 Å². The van der Waals surface area contributed by atoms with Crippen molar-refractivity contribution in [3.05, 3.63) is 0 Å². The summed E-state index contributed by atoms with van der Waals surface area (Å²) >= 11 is 0. The van der Waals surface area contributed by atoms with Crippen LogP contribution < -0.4 is 0 Å². The summed E-state index contributed by atoms with van der Waals surface area (Å²) in [7, 11) is 0. The molecule has 3 aliphatic heterocycles. The van der Waals surface area contributed by atoms with Gasteiger partial charge in [0.1, 0.15) is 11.4 Å². The Labute approximate surface area is 85.4 Å². The fraction of sp³-hybridized carbons (Fsp3) is 1.00. The molecule has 0 saturated carbocycles. The monoisotopic (exact) mass is 197 g/mol. The number of piperidine rings is 1. The molecular formula is C11H19NO2. The van der Waals surface area contributed by atoms with Gasteiger partial charge in [0.05, 0.1) is 18.8 Å². The quantitative estimate of drug-likeness (QED) is 0.590. The van der Waals surface area contributed by atoms with Gasteiger partial charge in [-0.25, -0.2) is 4.90 Å². The minimum Gasteiger partial charge on any atom is -0.359 e. The highest BCUT2D eigenvalue weighted by molar-refractivity contribution is 5.10. The summed E-state index contributed by atoms with van der Waals surface area (Å²) in [6, 6.07) is 0. The van der Waals surface area contributed by atoms with E-state index in [9.17, 15) is 0 Å². The van der Waals surface area contributed by atoms with Gasteiger partial charge >= 0.3 is 0 Å². The van der Waals surface area contributed by atoms with E-state index in [4.69, 9.17) is 9.47 Å². The minimum absolute atomic E-state index is 0.0712. The number of nitrogens with zero attached hydrogens (tertiary/aromatic N) is 1. The minimum atomic E-state index is -0.0712. The van der Waals surface area contributed by atoms with Crippen molar-refractivity contribution in [2.75, 3.05) is 13.2 Å². The summed E-state index contributed by atoms with van der Waals surface area (Å²) in [4.78, 5) is 2.48. The number of hydrogen-bond donors (Lipinski definition) is 0. The van der Waals surface area contributed by atoms with Crippen LogP contribution in [0.3, 0.4) is 0 Å². The normalized spacial score (nSPS) is 57.6. The zero-order chi connectivity index (χ0) is 10.0. The molecule has 3 heterocycles. The third-order valence-electron chi connectivity index (χ3n) is 4.16. The SMILES string of the molecule is CC12COC3(C)CCCC(C)(OC1)N23. The summed E-state index contributed by atoms with van der Waals surface area (Å²) in [5, 5.41) is 0. The van der Waals surface area contributed by atoms with Crippen LogP contribution in [0.25, 0.3) is 0 Å². The molecule has 0 N–H and O–H groups in total. The van der Waals surface area contributed by atoms with E-state index in [0.29, 0.717) is 0 Å². The van der Waals surface area contributed by atoms with Crippen molar-refractivity contribution in [1.82, 2.24) is 4.90 Å². The van der Waals surface area contributed by atoms with Gasteiger partial charge in [-0.2, -0.15) is 0 Å². The topological polar surface area (TPSA) is 21.7 Å². The van der Waals surface area contributed by atoms with E-state index in [1.807, 2.05) is 0 Å². The summed E-state index contributed by atoms with van der Waals surface area (Å²) in [6.45, 7) is 8.32. The van der Waals surface area contributed by atoms with Crippen molar-refractivity contribution in [1.29, 1.82) is 0 Å². The van der Waals surface area contributed by atoms with Crippen LogP contribution in [-0.4, -0.2) is 35.1 Å². The van der Waals surface area contributed by atoms with Crippen molar-refractivity contribution in [3.8, 4) is 0 Å². The fourth-order valence-electron chi connectivity index (χ4n) is 3.68. The molecule has 3 aliphatic rings. The van der Waals surface area contributed by atoms with Gasteiger partial charge in [-0.15, -0.1) is 0 Å². The van der Waals surface area contributed by atoms with Crippen LogP contribution in [0.5, 0.6) is 0 Å². The molecule has 0 radical (unpaired) electrons. The first kappa shape index (κ1) is 9.13. The fourth-order valence-corrected chi connectivity index (χ4v) is 3.68. The Kier molecular flexibility index (Phi) is 1.53. The zero-order valence-corrected chi connectivity index (χ0v) is 9.30. The van der Waals surface area contributed by atoms with E-state index < -0.39 is 0 Å². The average Bonchev–Trinajstić information content (AvgIpc) is 2.53. The largest absolute Gasteiger partial charge is 0.359 e. The predicted molar refractivity (Wildman–Crippen MR) is 52.8 cm³/mol. The molecule has 0 aromatic carbocycles. The second-order valence-corrected chi connectivity index (χ2v) is 5.61. The molecule has 2 unspecified atom stereocenters. The summed E-state index contributed by atoms with van der Waals surface area (Å²) in [6.07, 6.45) is 3.49. The van der Waals surface area contributed by atoms with Crippen LogP contribution in [0, 0.1) is 0 Å². The molecular weight excluding hydrogens is 178 g/mol. The highest BCUT2D eigenvalue weighted by Crippen LogP contribution is 2.53. The molecule has 0 aliphatic carbocycles. The van der Waals surface area contributed by atoms with Crippen LogP contribution in [0.2, 0.25) is 0 Å². The van der Waals surface area contributed by atoms with E-state index in [1.54, 1.807) is 0 Å². The Morgan fingerprint density at radius 2 is 1.43 bits per heavy atom. The molecule has 80 valence electrons. The lowest BCUT2D eigenvalue weighted by Gasteiger charge is -2.48. The lowest BCUT2D eigenvalue weighted by molar-refractivity contribution is -0.204. The zero-order valence-electron chi connectivity index (χ0n) is 9.30. The summed E-state index contributed by atoms with van der Waals surface area (Å²) in [5.74, 6) is 0. The van der Waals surface area contributed by atoms with Crippen molar-refractivity contribution >= 4 is 0 Å². The molecule has 0 bridgehead atoms. The van der Waals surface area contributed by atoms with E-state index in [-0.39, 0.29) is 17.0 Å². The van der Waals surface area contributed by atoms with Crippen molar-refractivity contribution in [3.63, 3.8) is 0 Å². The Morgan fingerprint density at radius 3 is 1.93 bits per heavy atom. The van der Waals surface area contributed by atoms with E-state index >= 15 is 0 Å². The summed E-state index contributed by atoms with van der Waals surface area (Å²) < 4.78 is 12.0. The maximum Gasteiger partial charge on any atom is 0.121 e. The van der Waals surface area contributed by atoms with Gasteiger partial charge in [-0.1, -0.05) is 0 Å². The highest BCUT2D eigenvalue weighted by Gasteiger charge is 2.64. The predicted octanol–water partition coefficient (Wildman–Crippen LogP) is 1.72. The number of ether oxygens (including phenoxy) is 2. The van der Waals surface area contributed by atoms with Crippen molar-refractivity contribution in [2.24, 2.45) is 0 Å². The molecule has 3 nitrogen and oxygen atoms in total. The van der Waals surface area contributed by atoms with Crippen LogP contribution >= 0.6 is 0 Å². The van der Waals surface area contributed by atoms with Gasteiger partial charge in [0.2, 0.25) is 0 Å². The number of rotatable bonds is 0. The maximum atomic E-state index is 5.99. The smallest absolute Gasteiger partial charge is 0.121 e. The molecule has 0 aromatic rings. The van der Waals surface area contributed by atoms with Gasteiger partial charge in [-0.05, 0) is 40.0 Å². The Balaban J connectivity index is 2.07. The van der Waals surface area contributed by atoms with Crippen LogP contribution in [0.1, 0.15) is 40.0 Å². The Hall–Kier alpha value is -0.120. The molecule has 3 heteroatoms. The average molecular weight is 197 g/mol. The van der Waals surface area contributed by atoms with Crippen LogP contribution in [-0.2, 0) is 9.47 Å². The van der Waals surface area contributed by atoms with Crippen molar-refractivity contribution < 1.29 is 9.47 Å². The molecule has 3 saturated heterocycles. The molecule has 0 spiro atoms. The lowest BCUT2D eigenvalue weighted by Crippen LogP contribution is -2.60. The van der Waals surface area contributed by atoms with E-state index in [0.717, 1.165) is 26.1 Å². The Bertz CT molecular complexity index is 258. The van der Waals surface area contributed by atoms with Gasteiger partial charge in [0.15, 0.2) is 0 Å². The molecule has 0 amide bonds. The molecule has 3 rings (SSSR count). The van der Waals surface area contributed by atoms with Gasteiger partial charge in [0.25, 0.3) is 0 Å². The second kappa shape index (κ2) is 2.34. The lowest BCUT2D eigenvalue weighted by atomic mass is 9.89. The molecule has 14 heavy (non-hydrogen) atoms. The summed E-state index contributed by atoms with van der Waals surface area (Å²) in [5.41, 5.74) is -0.0274. The first-order valence-electron chi connectivity index (χ1n) is 5.57. The standard InChI is InChI=1S/C11H19NO2/c1-9-7-13-10(2)5-4-6-11(3,12(9)10)14-8-9/h4-8H2,1-3H3. The van der Waals surface area contributed by atoms with Gasteiger partial charge < -0.3 is 9.47 Å². The molecule has 3 fully saturated rings. The van der Waals surface area contributed by atoms with Crippen molar-refractivity contribution in [2.45, 2.75) is 57.0 Å². The van der Waals surface area contributed by atoms with Crippen LogP contribution in [0.15, 0.2) is 0 Å². The highest BCUT2D eigenvalue weighted by atomic mass is 16.6. The number of hydrogen-bond acceptors (Lipinski definition) is 3. The third-order valence-corrected chi connectivity index (χ3v) is 4.16. The third kappa shape index (κ3) is 0.884. The van der Waals surface area contributed by atoms with E-state index in [1.165, 1.54) is 6.42 Å². The van der Waals surface area contributed by atoms with E-state index in [2.05, 4.69) is 25.7 Å². The second-order valence-electron chi connectivity index (χ2n) is 5.61. The molecule has 2 atom stereocenters. The molecule has 0 aromatic heterocycles. The Morgan fingerprint density at radius 1 is 0.929 bits per heavy atom. The first-order valence-corrected chi connectivity index (χ1v) is 5.57.